The number of hydrogen-bond acceptors (Lipinski definition) is 4. The Bertz CT molecular complexity index is 723. The number of ether oxygens (including phenoxy) is 2. The molecule has 5 heteroatoms. The molecule has 1 N–H and O–H groups in total. The van der Waals surface area contributed by atoms with Crippen LogP contribution in [0.15, 0.2) is 46.9 Å². The molecule has 2 aromatic carbocycles. The van der Waals surface area contributed by atoms with E-state index in [1.165, 1.54) is 13.2 Å². The fourth-order valence-corrected chi connectivity index (χ4v) is 2.35. The number of halogens is 1. The van der Waals surface area contributed by atoms with Crippen molar-refractivity contribution in [2.75, 3.05) is 14.2 Å². The van der Waals surface area contributed by atoms with Crippen molar-refractivity contribution in [2.24, 2.45) is 0 Å². The molecule has 114 valence electrons. The average molecular weight is 363 g/mol. The van der Waals surface area contributed by atoms with Gasteiger partial charge in [0.1, 0.15) is 5.75 Å². The molecule has 0 bridgehead atoms. The number of phenols is 1. The predicted octanol–water partition coefficient (Wildman–Crippen LogP) is 4.07. The summed E-state index contributed by atoms with van der Waals surface area (Å²) in [7, 11) is 3.02. The highest BCUT2D eigenvalue weighted by molar-refractivity contribution is 9.10. The molecule has 0 aliphatic rings. The lowest BCUT2D eigenvalue weighted by molar-refractivity contribution is 0.104. The molecule has 0 atom stereocenters. The lowest BCUT2D eigenvalue weighted by Crippen LogP contribution is -1.95. The Morgan fingerprint density at radius 2 is 1.95 bits per heavy atom. The van der Waals surface area contributed by atoms with Crippen molar-refractivity contribution in [3.05, 3.63) is 58.1 Å². The van der Waals surface area contributed by atoms with E-state index in [9.17, 15) is 9.90 Å². The minimum absolute atomic E-state index is 0.0266. The van der Waals surface area contributed by atoms with Crippen LogP contribution >= 0.6 is 15.9 Å². The first-order valence-electron chi connectivity index (χ1n) is 6.48. The third kappa shape index (κ3) is 3.68. The highest BCUT2D eigenvalue weighted by atomic mass is 79.9. The van der Waals surface area contributed by atoms with E-state index in [1.807, 2.05) is 0 Å². The molecule has 0 aliphatic heterocycles. The third-order valence-electron chi connectivity index (χ3n) is 3.05. The summed E-state index contributed by atoms with van der Waals surface area (Å²) in [5, 5.41) is 9.76. The number of allylic oxidation sites excluding steroid dienone is 1. The minimum Gasteiger partial charge on any atom is -0.503 e. The van der Waals surface area contributed by atoms with E-state index < -0.39 is 0 Å². The lowest BCUT2D eigenvalue weighted by atomic mass is 10.1. The van der Waals surface area contributed by atoms with Gasteiger partial charge in [0.15, 0.2) is 17.3 Å². The summed E-state index contributed by atoms with van der Waals surface area (Å²) in [6, 6.07) is 10.3. The molecular formula is C17H15BrO4. The second-order valence-corrected chi connectivity index (χ2v) is 5.34. The smallest absolute Gasteiger partial charge is 0.185 e. The van der Waals surface area contributed by atoms with Gasteiger partial charge in [-0.25, -0.2) is 0 Å². The molecule has 0 aromatic heterocycles. The van der Waals surface area contributed by atoms with Crippen LogP contribution in [0.25, 0.3) is 6.08 Å². The number of carbonyl (C=O) groups is 1. The van der Waals surface area contributed by atoms with Gasteiger partial charge in [0.25, 0.3) is 0 Å². The number of hydrogen-bond donors (Lipinski definition) is 1. The first-order valence-corrected chi connectivity index (χ1v) is 7.27. The average Bonchev–Trinajstić information content (AvgIpc) is 2.55. The van der Waals surface area contributed by atoms with E-state index >= 15 is 0 Å². The van der Waals surface area contributed by atoms with Gasteiger partial charge in [0.05, 0.1) is 18.7 Å². The number of carbonyl (C=O) groups excluding carboxylic acids is 1. The summed E-state index contributed by atoms with van der Waals surface area (Å²) in [5.74, 6) is 0.858. The topological polar surface area (TPSA) is 55.8 Å². The molecule has 4 nitrogen and oxygen atoms in total. The number of methoxy groups -OCH3 is 2. The molecule has 0 saturated heterocycles. The maximum atomic E-state index is 12.2. The normalized spacial score (nSPS) is 10.7. The third-order valence-corrected chi connectivity index (χ3v) is 3.66. The van der Waals surface area contributed by atoms with Crippen LogP contribution < -0.4 is 9.47 Å². The molecule has 0 saturated carbocycles. The van der Waals surface area contributed by atoms with Crippen LogP contribution in [-0.2, 0) is 0 Å². The minimum atomic E-state index is -0.137. The van der Waals surface area contributed by atoms with Gasteiger partial charge in [-0.2, -0.15) is 0 Å². The number of benzene rings is 2. The van der Waals surface area contributed by atoms with E-state index in [0.717, 1.165) is 5.56 Å². The van der Waals surface area contributed by atoms with E-state index in [1.54, 1.807) is 49.6 Å². The van der Waals surface area contributed by atoms with Gasteiger partial charge in [-0.05, 0) is 51.8 Å². The van der Waals surface area contributed by atoms with Gasteiger partial charge in [-0.15, -0.1) is 0 Å². The Morgan fingerprint density at radius 3 is 2.64 bits per heavy atom. The number of phenolic OH excluding ortho intramolecular Hbond substituents is 1. The zero-order valence-electron chi connectivity index (χ0n) is 12.2. The second kappa shape index (κ2) is 7.13. The fraction of sp³-hybridized carbons (Fsp3) is 0.118. The van der Waals surface area contributed by atoms with E-state index in [0.29, 0.717) is 21.5 Å². The molecule has 0 radical (unpaired) electrons. The summed E-state index contributed by atoms with van der Waals surface area (Å²) < 4.78 is 10.7. The molecule has 22 heavy (non-hydrogen) atoms. The highest BCUT2D eigenvalue weighted by Crippen LogP contribution is 2.35. The maximum absolute atomic E-state index is 12.2. The molecule has 0 amide bonds. The molecule has 0 aliphatic carbocycles. The monoisotopic (exact) mass is 362 g/mol. The van der Waals surface area contributed by atoms with Crippen molar-refractivity contribution in [3.63, 3.8) is 0 Å². The van der Waals surface area contributed by atoms with Crippen molar-refractivity contribution < 1.29 is 19.4 Å². The number of aromatic hydroxyl groups is 1. The SMILES string of the molecule is COc1cccc(C(=O)/C=C/c2cc(Br)c(O)c(OC)c2)c1. The van der Waals surface area contributed by atoms with Crippen LogP contribution in [0.3, 0.4) is 0 Å². The first kappa shape index (κ1) is 16.1. The summed E-state index contributed by atoms with van der Waals surface area (Å²) >= 11 is 3.24. The zero-order valence-corrected chi connectivity index (χ0v) is 13.8. The zero-order chi connectivity index (χ0) is 16.1. The standard InChI is InChI=1S/C17H15BrO4/c1-21-13-5-3-4-12(10-13)15(19)7-6-11-8-14(18)17(20)16(9-11)22-2/h3-10,20H,1-2H3/b7-6+. The van der Waals surface area contributed by atoms with Crippen LogP contribution in [0.1, 0.15) is 15.9 Å². The predicted molar refractivity (Wildman–Crippen MR) is 88.7 cm³/mol. The molecule has 0 unspecified atom stereocenters. The maximum Gasteiger partial charge on any atom is 0.185 e. The highest BCUT2D eigenvalue weighted by Gasteiger charge is 2.08. The Balaban J connectivity index is 2.24. The Labute approximate surface area is 137 Å². The van der Waals surface area contributed by atoms with Crippen LogP contribution in [0, 0.1) is 0 Å². The van der Waals surface area contributed by atoms with Crippen LogP contribution in [0.5, 0.6) is 17.2 Å². The summed E-state index contributed by atoms with van der Waals surface area (Å²) in [5.41, 5.74) is 1.28. The van der Waals surface area contributed by atoms with Gasteiger partial charge >= 0.3 is 0 Å². The summed E-state index contributed by atoms with van der Waals surface area (Å²) in [6.07, 6.45) is 3.13. The Hall–Kier alpha value is -2.27. The van der Waals surface area contributed by atoms with E-state index in [4.69, 9.17) is 9.47 Å². The molecule has 2 rings (SSSR count). The van der Waals surface area contributed by atoms with Crippen molar-refractivity contribution >= 4 is 27.8 Å². The Kier molecular flexibility index (Phi) is 5.22. The van der Waals surface area contributed by atoms with Gasteiger partial charge in [0, 0.05) is 5.56 Å². The Morgan fingerprint density at radius 1 is 1.18 bits per heavy atom. The fourth-order valence-electron chi connectivity index (χ4n) is 1.89. The van der Waals surface area contributed by atoms with Crippen molar-refractivity contribution in [1.82, 2.24) is 0 Å². The van der Waals surface area contributed by atoms with Gasteiger partial charge in [-0.1, -0.05) is 18.2 Å². The van der Waals surface area contributed by atoms with Crippen molar-refractivity contribution in [2.45, 2.75) is 0 Å². The van der Waals surface area contributed by atoms with Crippen molar-refractivity contribution in [1.29, 1.82) is 0 Å². The summed E-state index contributed by atoms with van der Waals surface area (Å²) in [4.78, 5) is 12.2. The van der Waals surface area contributed by atoms with Crippen LogP contribution in [0.2, 0.25) is 0 Å². The van der Waals surface area contributed by atoms with Crippen LogP contribution in [0.4, 0.5) is 0 Å². The quantitative estimate of drug-likeness (QED) is 0.643. The van der Waals surface area contributed by atoms with Crippen LogP contribution in [-0.4, -0.2) is 25.1 Å². The summed E-state index contributed by atoms with van der Waals surface area (Å²) in [6.45, 7) is 0. The molecule has 0 heterocycles. The lowest BCUT2D eigenvalue weighted by Gasteiger charge is -2.06. The van der Waals surface area contributed by atoms with E-state index in [2.05, 4.69) is 15.9 Å². The largest absolute Gasteiger partial charge is 0.503 e. The first-order chi connectivity index (χ1) is 10.5. The van der Waals surface area contributed by atoms with Crippen molar-refractivity contribution in [3.8, 4) is 17.2 Å². The molecule has 0 spiro atoms. The molecule has 2 aromatic rings. The number of ketones is 1. The van der Waals surface area contributed by atoms with Gasteiger partial charge < -0.3 is 14.6 Å². The molecule has 0 fully saturated rings. The number of rotatable bonds is 5. The van der Waals surface area contributed by atoms with Gasteiger partial charge in [-0.3, -0.25) is 4.79 Å². The van der Waals surface area contributed by atoms with E-state index in [-0.39, 0.29) is 11.5 Å². The molecular weight excluding hydrogens is 348 g/mol. The van der Waals surface area contributed by atoms with Gasteiger partial charge in [0.2, 0.25) is 0 Å². The second-order valence-electron chi connectivity index (χ2n) is 4.48.